The summed E-state index contributed by atoms with van der Waals surface area (Å²) in [7, 11) is 1.72. The molecule has 1 aromatic heterocycles. The molecule has 1 aromatic carbocycles. The summed E-state index contributed by atoms with van der Waals surface area (Å²) in [6.07, 6.45) is 7.23. The largest absolute Gasteiger partial charge is 0.345 e. The molecule has 0 radical (unpaired) electrons. The lowest BCUT2D eigenvalue weighted by Gasteiger charge is -2.21. The zero-order chi connectivity index (χ0) is 39.9. The van der Waals surface area contributed by atoms with Gasteiger partial charge in [-0.3, -0.25) is 38.5 Å². The Balaban J connectivity index is 1.38. The van der Waals surface area contributed by atoms with E-state index in [4.69, 9.17) is 0 Å². The number of anilines is 3. The molecular weight excluding hydrogens is 690 g/mol. The number of carbonyl (C=O) groups is 7. The fourth-order valence-electron chi connectivity index (χ4n) is 6.19. The maximum atomic E-state index is 13.0. The van der Waals surface area contributed by atoms with Crippen molar-refractivity contribution < 1.29 is 33.6 Å². The van der Waals surface area contributed by atoms with Gasteiger partial charge in [0.05, 0.1) is 12.2 Å². The van der Waals surface area contributed by atoms with E-state index >= 15 is 0 Å². The molecule has 0 aliphatic carbocycles. The van der Waals surface area contributed by atoms with Crippen LogP contribution in [0, 0.1) is 23.7 Å². The van der Waals surface area contributed by atoms with Crippen LogP contribution in [0.25, 0.3) is 0 Å². The number of nitrogens with zero attached hydrogens (tertiary/aromatic N) is 2. The number of aromatic nitrogens is 1. The summed E-state index contributed by atoms with van der Waals surface area (Å²) in [5, 5.41) is 13.7. The molecule has 3 unspecified atom stereocenters. The van der Waals surface area contributed by atoms with Crippen molar-refractivity contribution in [3.8, 4) is 0 Å². The lowest BCUT2D eigenvalue weighted by Crippen LogP contribution is -2.51. The van der Waals surface area contributed by atoms with E-state index in [-0.39, 0.29) is 66.7 Å². The Hall–Kier alpha value is -5.01. The van der Waals surface area contributed by atoms with Crippen molar-refractivity contribution in [2.24, 2.45) is 30.7 Å². The van der Waals surface area contributed by atoms with Gasteiger partial charge in [0.15, 0.2) is 0 Å². The summed E-state index contributed by atoms with van der Waals surface area (Å²) in [6.45, 7) is 11.8. The summed E-state index contributed by atoms with van der Waals surface area (Å²) in [4.78, 5) is 89.5. The molecule has 1 aliphatic rings. The second-order valence-electron chi connectivity index (χ2n) is 15.0. The van der Waals surface area contributed by atoms with Gasteiger partial charge in [0, 0.05) is 56.3 Å². The van der Waals surface area contributed by atoms with Gasteiger partial charge < -0.3 is 31.2 Å². The minimum atomic E-state index is -0.836. The van der Waals surface area contributed by atoms with Crippen molar-refractivity contribution in [3.05, 3.63) is 42.2 Å². The summed E-state index contributed by atoms with van der Waals surface area (Å²) < 4.78 is 1.64. The van der Waals surface area contributed by atoms with Crippen molar-refractivity contribution >= 4 is 58.4 Å². The molecule has 0 bridgehead atoms. The normalized spacial score (nSPS) is 15.3. The number of unbranched alkanes of at least 4 members (excludes halogenated alkanes) is 2. The number of nitrogens with one attached hydrogen (secondary N) is 5. The van der Waals surface area contributed by atoms with Crippen molar-refractivity contribution in [3.63, 3.8) is 0 Å². The third-order valence-corrected chi connectivity index (χ3v) is 9.80. The molecule has 54 heavy (non-hydrogen) atoms. The van der Waals surface area contributed by atoms with E-state index < -0.39 is 17.9 Å². The van der Waals surface area contributed by atoms with Gasteiger partial charge in [0.1, 0.15) is 11.7 Å². The van der Waals surface area contributed by atoms with Crippen LogP contribution >= 0.6 is 0 Å². The molecule has 0 saturated carbocycles. The van der Waals surface area contributed by atoms with E-state index in [1.807, 2.05) is 13.8 Å². The molecule has 1 fully saturated rings. The standard InChI is InChI=1S/C40H59N7O7/c1-8-27(6)13-12-15-33(48)43-30-21-32(46(7)24-30)38(52)44-29-18-16-28(17-19-29)42-35(50)23-41-39(53)37(26(4)5)45-34(49)14-10-9-11-20-47-36(51)22-31(25(2)3)40(47)54/h16-19,21,24-27,31,37H,8-15,20,22-23H2,1-7H3,(H,41,53)(H,42,50)(H,43,48)(H,44,52)(H,45,49). The molecule has 7 amide bonds. The molecule has 2 heterocycles. The van der Waals surface area contributed by atoms with Crippen molar-refractivity contribution in [2.75, 3.05) is 29.0 Å². The predicted molar refractivity (Wildman–Crippen MR) is 208 cm³/mol. The van der Waals surface area contributed by atoms with Crippen LogP contribution < -0.4 is 26.6 Å². The minimum absolute atomic E-state index is 0.0905. The third-order valence-electron chi connectivity index (χ3n) is 9.80. The SMILES string of the molecule is CCC(C)CCCC(=O)Nc1cc(C(=O)Nc2ccc(NC(=O)CNC(=O)C(NC(=O)CCCCCN3C(=O)CC(C(C)C)C3=O)C(C)C)cc2)n(C)c1. The number of aryl methyl sites for hydroxylation is 1. The highest BCUT2D eigenvalue weighted by Crippen LogP contribution is 2.26. The van der Waals surface area contributed by atoms with Gasteiger partial charge >= 0.3 is 0 Å². The zero-order valence-corrected chi connectivity index (χ0v) is 32.9. The quantitative estimate of drug-likeness (QED) is 0.0855. The highest BCUT2D eigenvalue weighted by atomic mass is 16.2. The van der Waals surface area contributed by atoms with Crippen LogP contribution in [0.5, 0.6) is 0 Å². The van der Waals surface area contributed by atoms with E-state index in [1.54, 1.807) is 62.0 Å². The predicted octanol–water partition coefficient (Wildman–Crippen LogP) is 5.22. The summed E-state index contributed by atoms with van der Waals surface area (Å²) in [5.41, 5.74) is 1.86. The van der Waals surface area contributed by atoms with Gasteiger partial charge in [-0.1, -0.05) is 60.8 Å². The van der Waals surface area contributed by atoms with Crippen LogP contribution in [0.2, 0.25) is 0 Å². The van der Waals surface area contributed by atoms with E-state index in [0.717, 1.165) is 19.3 Å². The second kappa shape index (κ2) is 21.0. The number of likely N-dealkylation sites (tertiary alicyclic amines) is 1. The van der Waals surface area contributed by atoms with Crippen LogP contribution in [0.1, 0.15) is 110 Å². The number of amides is 7. The Bertz CT molecular complexity index is 1630. The van der Waals surface area contributed by atoms with Gasteiger partial charge in [-0.25, -0.2) is 0 Å². The highest BCUT2D eigenvalue weighted by Gasteiger charge is 2.39. The van der Waals surface area contributed by atoms with E-state index in [1.165, 1.54) is 4.90 Å². The van der Waals surface area contributed by atoms with E-state index in [0.29, 0.717) is 60.9 Å². The average molecular weight is 750 g/mol. The number of imide groups is 1. The van der Waals surface area contributed by atoms with Crippen molar-refractivity contribution in [1.82, 2.24) is 20.1 Å². The Morgan fingerprint density at radius 3 is 2.04 bits per heavy atom. The van der Waals surface area contributed by atoms with Crippen LogP contribution in [-0.4, -0.2) is 69.9 Å². The molecule has 14 heteroatoms. The monoisotopic (exact) mass is 749 g/mol. The summed E-state index contributed by atoms with van der Waals surface area (Å²) in [5.74, 6) is -1.75. The van der Waals surface area contributed by atoms with Crippen LogP contribution in [-0.2, 0) is 35.8 Å². The Morgan fingerprint density at radius 1 is 0.796 bits per heavy atom. The summed E-state index contributed by atoms with van der Waals surface area (Å²) in [6, 6.07) is 7.28. The highest BCUT2D eigenvalue weighted by molar-refractivity contribution is 6.05. The molecule has 5 N–H and O–H groups in total. The first-order chi connectivity index (χ1) is 25.6. The number of rotatable bonds is 21. The van der Waals surface area contributed by atoms with Gasteiger partial charge in [-0.05, 0) is 67.3 Å². The van der Waals surface area contributed by atoms with Crippen molar-refractivity contribution in [1.29, 1.82) is 0 Å². The Morgan fingerprint density at radius 2 is 1.43 bits per heavy atom. The van der Waals surface area contributed by atoms with Crippen LogP contribution in [0.4, 0.5) is 17.1 Å². The topological polar surface area (TPSA) is 188 Å². The van der Waals surface area contributed by atoms with Crippen LogP contribution in [0.15, 0.2) is 36.5 Å². The molecular formula is C40H59N7O7. The fraction of sp³-hybridized carbons (Fsp3) is 0.575. The lowest BCUT2D eigenvalue weighted by molar-refractivity contribution is -0.140. The molecule has 14 nitrogen and oxygen atoms in total. The second-order valence-corrected chi connectivity index (χ2v) is 15.0. The molecule has 3 rings (SSSR count). The van der Waals surface area contributed by atoms with Gasteiger partial charge in [0.25, 0.3) is 5.91 Å². The fourth-order valence-corrected chi connectivity index (χ4v) is 6.19. The van der Waals surface area contributed by atoms with Gasteiger partial charge in [0.2, 0.25) is 35.4 Å². The Kier molecular flexibility index (Phi) is 16.9. The first-order valence-electron chi connectivity index (χ1n) is 19.2. The Labute approximate surface area is 318 Å². The van der Waals surface area contributed by atoms with Gasteiger partial charge in [-0.2, -0.15) is 0 Å². The lowest BCUT2D eigenvalue weighted by atomic mass is 9.94. The first kappa shape index (κ1) is 43.4. The van der Waals surface area contributed by atoms with Gasteiger partial charge in [-0.15, -0.1) is 0 Å². The average Bonchev–Trinajstić information content (AvgIpc) is 3.63. The number of carbonyl (C=O) groups excluding carboxylic acids is 7. The molecule has 1 aliphatic heterocycles. The number of benzene rings is 1. The number of hydrogen-bond acceptors (Lipinski definition) is 7. The van der Waals surface area contributed by atoms with E-state index in [9.17, 15) is 33.6 Å². The van der Waals surface area contributed by atoms with Crippen molar-refractivity contribution in [2.45, 2.75) is 105 Å². The number of hydrogen-bond donors (Lipinski definition) is 5. The molecule has 1 saturated heterocycles. The summed E-state index contributed by atoms with van der Waals surface area (Å²) >= 11 is 0. The molecule has 296 valence electrons. The van der Waals surface area contributed by atoms with Crippen LogP contribution in [0.3, 0.4) is 0 Å². The maximum Gasteiger partial charge on any atom is 0.272 e. The first-order valence-corrected chi connectivity index (χ1v) is 19.2. The molecule has 0 spiro atoms. The smallest absolute Gasteiger partial charge is 0.272 e. The maximum absolute atomic E-state index is 13.0. The molecule has 3 atom stereocenters. The molecule has 2 aromatic rings. The third kappa shape index (κ3) is 13.4. The van der Waals surface area contributed by atoms with E-state index in [2.05, 4.69) is 40.4 Å². The minimum Gasteiger partial charge on any atom is -0.345 e. The zero-order valence-electron chi connectivity index (χ0n) is 32.9.